The summed E-state index contributed by atoms with van der Waals surface area (Å²) in [6, 6.07) is 0.809. The summed E-state index contributed by atoms with van der Waals surface area (Å²) in [6.07, 6.45) is 4.90. The van der Waals surface area contributed by atoms with Gasteiger partial charge in [0.2, 0.25) is 0 Å². The number of nitrogens with zero attached hydrogens (tertiary/aromatic N) is 2. The summed E-state index contributed by atoms with van der Waals surface area (Å²) in [6.45, 7) is 8.57. The highest BCUT2D eigenvalue weighted by atomic mass is 16.3. The molecule has 0 bridgehead atoms. The van der Waals surface area contributed by atoms with E-state index in [4.69, 9.17) is 0 Å². The summed E-state index contributed by atoms with van der Waals surface area (Å²) in [7, 11) is 0. The summed E-state index contributed by atoms with van der Waals surface area (Å²) in [5, 5.41) is 9.66. The van der Waals surface area contributed by atoms with Crippen LogP contribution in [0, 0.1) is 11.8 Å². The van der Waals surface area contributed by atoms with Crippen LogP contribution in [0.3, 0.4) is 0 Å². The third-order valence-electron chi connectivity index (χ3n) is 5.18. The Hall–Kier alpha value is -0.120. The van der Waals surface area contributed by atoms with Crippen molar-refractivity contribution < 1.29 is 5.11 Å². The smallest absolute Gasteiger partial charge is 0.0546 e. The van der Waals surface area contributed by atoms with E-state index >= 15 is 0 Å². The molecule has 0 aromatic heterocycles. The lowest BCUT2D eigenvalue weighted by Crippen LogP contribution is -2.39. The van der Waals surface area contributed by atoms with Gasteiger partial charge in [-0.15, -0.1) is 0 Å². The van der Waals surface area contributed by atoms with Crippen molar-refractivity contribution in [3.05, 3.63) is 0 Å². The van der Waals surface area contributed by atoms with Crippen LogP contribution in [0.5, 0.6) is 0 Å². The molecule has 2 unspecified atom stereocenters. The molecule has 2 saturated heterocycles. The average molecular weight is 238 g/mol. The zero-order valence-electron chi connectivity index (χ0n) is 11.0. The van der Waals surface area contributed by atoms with Crippen LogP contribution in [-0.4, -0.2) is 59.8 Å². The SMILES string of the molecule is CCN1CCCC1CN1C[C@H]2CC(O)C[C@H]2C1. The van der Waals surface area contributed by atoms with Crippen LogP contribution >= 0.6 is 0 Å². The minimum atomic E-state index is 0.00534. The molecule has 98 valence electrons. The van der Waals surface area contributed by atoms with Gasteiger partial charge in [0.1, 0.15) is 0 Å². The Morgan fingerprint density at radius 1 is 1.18 bits per heavy atom. The van der Waals surface area contributed by atoms with Gasteiger partial charge in [-0.3, -0.25) is 4.90 Å². The number of fused-ring (bicyclic) bond motifs is 1. The minimum Gasteiger partial charge on any atom is -0.393 e. The van der Waals surface area contributed by atoms with Crippen LogP contribution in [0.15, 0.2) is 0 Å². The van der Waals surface area contributed by atoms with Crippen LogP contribution in [0.4, 0.5) is 0 Å². The fourth-order valence-electron chi connectivity index (χ4n) is 4.33. The normalized spacial score (nSPS) is 43.4. The van der Waals surface area contributed by atoms with Crippen LogP contribution in [-0.2, 0) is 0 Å². The Bertz CT molecular complexity index is 257. The lowest BCUT2D eigenvalue weighted by Gasteiger charge is -2.28. The molecule has 17 heavy (non-hydrogen) atoms. The molecule has 1 saturated carbocycles. The summed E-state index contributed by atoms with van der Waals surface area (Å²) in [5.41, 5.74) is 0. The van der Waals surface area contributed by atoms with Crippen molar-refractivity contribution in [1.82, 2.24) is 9.80 Å². The third-order valence-corrected chi connectivity index (χ3v) is 5.18. The zero-order chi connectivity index (χ0) is 11.8. The highest BCUT2D eigenvalue weighted by Crippen LogP contribution is 2.38. The molecule has 3 heteroatoms. The van der Waals surface area contributed by atoms with E-state index in [1.165, 1.54) is 45.6 Å². The predicted octanol–water partition coefficient (Wildman–Crippen LogP) is 1.17. The number of hydrogen-bond donors (Lipinski definition) is 1. The van der Waals surface area contributed by atoms with E-state index in [-0.39, 0.29) is 6.10 Å². The molecule has 3 nitrogen and oxygen atoms in total. The van der Waals surface area contributed by atoms with Crippen molar-refractivity contribution >= 4 is 0 Å². The number of aliphatic hydroxyl groups is 1. The van der Waals surface area contributed by atoms with Crippen molar-refractivity contribution in [3.8, 4) is 0 Å². The van der Waals surface area contributed by atoms with Crippen LogP contribution < -0.4 is 0 Å². The molecule has 0 radical (unpaired) electrons. The quantitative estimate of drug-likeness (QED) is 0.799. The lowest BCUT2D eigenvalue weighted by atomic mass is 10.0. The van der Waals surface area contributed by atoms with Gasteiger partial charge >= 0.3 is 0 Å². The van der Waals surface area contributed by atoms with Gasteiger partial charge in [0.25, 0.3) is 0 Å². The van der Waals surface area contributed by atoms with Gasteiger partial charge < -0.3 is 10.0 Å². The minimum absolute atomic E-state index is 0.00534. The Morgan fingerprint density at radius 2 is 1.88 bits per heavy atom. The second-order valence-corrected chi connectivity index (χ2v) is 6.29. The van der Waals surface area contributed by atoms with Crippen LogP contribution in [0.1, 0.15) is 32.6 Å². The lowest BCUT2D eigenvalue weighted by molar-refractivity contribution is 0.150. The number of likely N-dealkylation sites (N-methyl/N-ethyl adjacent to an activating group) is 1. The number of rotatable bonds is 3. The van der Waals surface area contributed by atoms with E-state index in [0.717, 1.165) is 30.7 Å². The molecule has 0 aromatic carbocycles. The van der Waals surface area contributed by atoms with E-state index in [1.54, 1.807) is 0 Å². The largest absolute Gasteiger partial charge is 0.393 e. The van der Waals surface area contributed by atoms with Gasteiger partial charge in [-0.2, -0.15) is 0 Å². The first-order valence-corrected chi connectivity index (χ1v) is 7.40. The summed E-state index contributed by atoms with van der Waals surface area (Å²) in [4.78, 5) is 5.31. The van der Waals surface area contributed by atoms with Crippen LogP contribution in [0.25, 0.3) is 0 Å². The average Bonchev–Trinajstić information content (AvgIpc) is 2.93. The van der Waals surface area contributed by atoms with Crippen molar-refractivity contribution in [2.75, 3.05) is 32.7 Å². The fourth-order valence-corrected chi connectivity index (χ4v) is 4.33. The Morgan fingerprint density at radius 3 is 2.53 bits per heavy atom. The predicted molar refractivity (Wildman–Crippen MR) is 68.9 cm³/mol. The molecule has 1 aliphatic carbocycles. The van der Waals surface area contributed by atoms with Crippen molar-refractivity contribution in [3.63, 3.8) is 0 Å². The molecule has 3 fully saturated rings. The second kappa shape index (κ2) is 4.87. The first-order chi connectivity index (χ1) is 8.26. The van der Waals surface area contributed by atoms with E-state index in [2.05, 4.69) is 16.7 Å². The van der Waals surface area contributed by atoms with Gasteiger partial charge in [-0.25, -0.2) is 0 Å². The molecule has 2 aliphatic heterocycles. The van der Waals surface area contributed by atoms with E-state index < -0.39 is 0 Å². The van der Waals surface area contributed by atoms with Crippen molar-refractivity contribution in [2.45, 2.75) is 44.8 Å². The molecule has 3 rings (SSSR count). The van der Waals surface area contributed by atoms with Crippen molar-refractivity contribution in [1.29, 1.82) is 0 Å². The summed E-state index contributed by atoms with van der Waals surface area (Å²) in [5.74, 6) is 1.59. The Labute approximate surface area is 105 Å². The molecular weight excluding hydrogens is 212 g/mol. The number of likely N-dealkylation sites (tertiary alicyclic amines) is 2. The molecule has 1 N–H and O–H groups in total. The fraction of sp³-hybridized carbons (Fsp3) is 1.00. The zero-order valence-corrected chi connectivity index (χ0v) is 11.0. The Balaban J connectivity index is 1.51. The maximum absolute atomic E-state index is 9.66. The standard InChI is InChI=1S/C14H26N2O/c1-2-16-5-3-4-13(16)10-15-8-11-6-14(17)7-12(11)9-15/h11-14,17H,2-10H2,1H3/t11-,12+,13?,14?. The van der Waals surface area contributed by atoms with Crippen LogP contribution in [0.2, 0.25) is 0 Å². The topological polar surface area (TPSA) is 26.7 Å². The van der Waals surface area contributed by atoms with E-state index in [1.807, 2.05) is 0 Å². The maximum Gasteiger partial charge on any atom is 0.0546 e. The Kier molecular flexibility index (Phi) is 3.42. The monoisotopic (exact) mass is 238 g/mol. The summed E-state index contributed by atoms with van der Waals surface area (Å²) >= 11 is 0. The molecular formula is C14H26N2O. The van der Waals surface area contributed by atoms with E-state index in [9.17, 15) is 5.11 Å². The van der Waals surface area contributed by atoms with Gasteiger partial charge in [0.15, 0.2) is 0 Å². The first kappa shape index (κ1) is 11.9. The highest BCUT2D eigenvalue weighted by Gasteiger charge is 2.41. The van der Waals surface area contributed by atoms with Crippen molar-refractivity contribution in [2.24, 2.45) is 11.8 Å². The molecule has 0 spiro atoms. The van der Waals surface area contributed by atoms with Gasteiger partial charge in [-0.1, -0.05) is 6.92 Å². The molecule has 0 aromatic rings. The third kappa shape index (κ3) is 2.38. The van der Waals surface area contributed by atoms with E-state index in [0.29, 0.717) is 0 Å². The van der Waals surface area contributed by atoms with Gasteiger partial charge in [0, 0.05) is 25.7 Å². The second-order valence-electron chi connectivity index (χ2n) is 6.29. The first-order valence-electron chi connectivity index (χ1n) is 7.40. The number of hydrogen-bond acceptors (Lipinski definition) is 3. The molecule has 0 amide bonds. The summed E-state index contributed by atoms with van der Waals surface area (Å²) < 4.78 is 0. The maximum atomic E-state index is 9.66. The molecule has 4 atom stereocenters. The van der Waals surface area contributed by atoms with Gasteiger partial charge in [0.05, 0.1) is 6.10 Å². The highest BCUT2D eigenvalue weighted by molar-refractivity contribution is 4.94. The van der Waals surface area contributed by atoms with Gasteiger partial charge in [-0.05, 0) is 50.6 Å². The number of aliphatic hydroxyl groups excluding tert-OH is 1. The molecule has 3 aliphatic rings. The molecule has 2 heterocycles.